The molecule has 3 heteroatoms. The highest BCUT2D eigenvalue weighted by atomic mass is 16.5. The van der Waals surface area contributed by atoms with Crippen molar-refractivity contribution in [1.29, 1.82) is 0 Å². The third-order valence-corrected chi connectivity index (χ3v) is 4.28. The molecule has 1 heterocycles. The van der Waals surface area contributed by atoms with Crippen molar-refractivity contribution in [2.24, 2.45) is 5.41 Å². The largest absolute Gasteiger partial charge is 0.381 e. The molecule has 1 N–H and O–H groups in total. The first-order chi connectivity index (χ1) is 7.77. The first-order valence-electron chi connectivity index (χ1n) is 6.79. The number of hydrogen-bond donors (Lipinski definition) is 1. The number of nitrogens with one attached hydrogen (secondary N) is 1. The summed E-state index contributed by atoms with van der Waals surface area (Å²) < 4.78 is 5.65. The Morgan fingerprint density at radius 2 is 2.12 bits per heavy atom. The fourth-order valence-electron chi connectivity index (χ4n) is 2.79. The van der Waals surface area contributed by atoms with Crippen LogP contribution in [-0.4, -0.2) is 50.3 Å². The van der Waals surface area contributed by atoms with Crippen LogP contribution in [0.25, 0.3) is 0 Å². The van der Waals surface area contributed by atoms with Gasteiger partial charge in [0.05, 0.1) is 6.61 Å². The fourth-order valence-corrected chi connectivity index (χ4v) is 2.79. The van der Waals surface area contributed by atoms with Gasteiger partial charge in [0.15, 0.2) is 0 Å². The van der Waals surface area contributed by atoms with Gasteiger partial charge in [-0.05, 0) is 39.2 Å². The molecule has 3 fully saturated rings. The third-order valence-electron chi connectivity index (χ3n) is 4.28. The van der Waals surface area contributed by atoms with E-state index in [4.69, 9.17) is 4.74 Å². The highest BCUT2D eigenvalue weighted by molar-refractivity contribution is 4.94. The summed E-state index contributed by atoms with van der Waals surface area (Å²) in [5.41, 5.74) is 0.403. The molecule has 0 spiro atoms. The van der Waals surface area contributed by atoms with E-state index in [1.54, 1.807) is 0 Å². The minimum atomic E-state index is 0.403. The smallest absolute Gasteiger partial charge is 0.0547 e. The summed E-state index contributed by atoms with van der Waals surface area (Å²) in [6.45, 7) is 4.31. The Labute approximate surface area is 98.5 Å². The second-order valence-corrected chi connectivity index (χ2v) is 6.10. The number of nitrogens with zero attached hydrogens (tertiary/aromatic N) is 1. The molecule has 1 unspecified atom stereocenters. The van der Waals surface area contributed by atoms with Crippen molar-refractivity contribution in [2.45, 2.75) is 44.2 Å². The molecular weight excluding hydrogens is 200 g/mol. The second-order valence-electron chi connectivity index (χ2n) is 6.10. The Balaban J connectivity index is 1.54. The molecule has 1 atom stereocenters. The Morgan fingerprint density at radius 1 is 1.31 bits per heavy atom. The fraction of sp³-hybridized carbons (Fsp3) is 1.00. The Morgan fingerprint density at radius 3 is 2.69 bits per heavy atom. The minimum absolute atomic E-state index is 0.403. The number of rotatable bonds is 6. The molecular formula is C13H24N2O. The molecule has 3 aliphatic rings. The summed E-state index contributed by atoms with van der Waals surface area (Å²) in [6.07, 6.45) is 6.82. The summed E-state index contributed by atoms with van der Waals surface area (Å²) in [5, 5.41) is 3.70. The predicted molar refractivity (Wildman–Crippen MR) is 64.5 cm³/mol. The van der Waals surface area contributed by atoms with E-state index >= 15 is 0 Å². The van der Waals surface area contributed by atoms with E-state index in [0.717, 1.165) is 31.8 Å². The molecule has 0 aromatic carbocycles. The lowest BCUT2D eigenvalue weighted by atomic mass is 9.86. The van der Waals surface area contributed by atoms with E-state index in [9.17, 15) is 0 Å². The molecule has 0 amide bonds. The molecule has 16 heavy (non-hydrogen) atoms. The first-order valence-corrected chi connectivity index (χ1v) is 6.79. The van der Waals surface area contributed by atoms with Gasteiger partial charge in [-0.15, -0.1) is 0 Å². The summed E-state index contributed by atoms with van der Waals surface area (Å²) >= 11 is 0. The van der Waals surface area contributed by atoms with Gasteiger partial charge in [0, 0.05) is 37.2 Å². The molecule has 2 saturated carbocycles. The molecule has 1 aliphatic heterocycles. The van der Waals surface area contributed by atoms with Crippen molar-refractivity contribution in [3.05, 3.63) is 0 Å². The van der Waals surface area contributed by atoms with Gasteiger partial charge in [0.2, 0.25) is 0 Å². The van der Waals surface area contributed by atoms with Crippen LogP contribution in [0.5, 0.6) is 0 Å². The first kappa shape index (κ1) is 11.0. The molecule has 92 valence electrons. The van der Waals surface area contributed by atoms with Gasteiger partial charge in [-0.1, -0.05) is 0 Å². The zero-order chi connectivity index (χ0) is 11.0. The lowest BCUT2D eigenvalue weighted by Crippen LogP contribution is -2.44. The molecule has 0 radical (unpaired) electrons. The number of ether oxygens (including phenoxy) is 1. The average molecular weight is 224 g/mol. The number of hydrogen-bond acceptors (Lipinski definition) is 3. The van der Waals surface area contributed by atoms with Crippen LogP contribution in [0.1, 0.15) is 32.1 Å². The highest BCUT2D eigenvalue weighted by Crippen LogP contribution is 2.34. The molecule has 3 rings (SSSR count). The maximum absolute atomic E-state index is 5.65. The maximum Gasteiger partial charge on any atom is 0.0547 e. The maximum atomic E-state index is 5.65. The Bertz CT molecular complexity index is 242. The van der Waals surface area contributed by atoms with E-state index in [-0.39, 0.29) is 0 Å². The van der Waals surface area contributed by atoms with Gasteiger partial charge in [-0.2, -0.15) is 0 Å². The van der Waals surface area contributed by atoms with Gasteiger partial charge in [-0.3, -0.25) is 0 Å². The summed E-state index contributed by atoms with van der Waals surface area (Å²) in [7, 11) is 2.29. The van der Waals surface area contributed by atoms with Crippen molar-refractivity contribution < 1.29 is 4.74 Å². The summed E-state index contributed by atoms with van der Waals surface area (Å²) in [6, 6.07) is 1.70. The van der Waals surface area contributed by atoms with Crippen molar-refractivity contribution in [2.75, 3.05) is 33.4 Å². The monoisotopic (exact) mass is 224 g/mol. The van der Waals surface area contributed by atoms with E-state index < -0.39 is 0 Å². The SMILES string of the molecule is CN(CC1(CNC2CC2)CCOC1)C1CC1. The van der Waals surface area contributed by atoms with Crippen LogP contribution in [0.3, 0.4) is 0 Å². The van der Waals surface area contributed by atoms with Gasteiger partial charge in [0.1, 0.15) is 0 Å². The molecule has 0 aromatic rings. The van der Waals surface area contributed by atoms with E-state index in [1.165, 1.54) is 38.6 Å². The van der Waals surface area contributed by atoms with Gasteiger partial charge in [-0.25, -0.2) is 0 Å². The summed E-state index contributed by atoms with van der Waals surface area (Å²) in [4.78, 5) is 2.56. The van der Waals surface area contributed by atoms with Gasteiger partial charge >= 0.3 is 0 Å². The molecule has 3 nitrogen and oxygen atoms in total. The van der Waals surface area contributed by atoms with E-state index in [2.05, 4.69) is 17.3 Å². The van der Waals surface area contributed by atoms with Crippen molar-refractivity contribution in [3.8, 4) is 0 Å². The average Bonchev–Trinajstić information content (AvgIpc) is 3.16. The normalized spacial score (nSPS) is 34.9. The standard InChI is InChI=1S/C13H24N2O/c1-15(12-4-5-12)9-13(6-7-16-10-13)8-14-11-2-3-11/h11-12,14H,2-10H2,1H3. The lowest BCUT2D eigenvalue weighted by molar-refractivity contribution is 0.116. The van der Waals surface area contributed by atoms with Crippen LogP contribution in [0.2, 0.25) is 0 Å². The van der Waals surface area contributed by atoms with Crippen LogP contribution in [0.15, 0.2) is 0 Å². The Kier molecular flexibility index (Phi) is 2.94. The molecule has 0 bridgehead atoms. The van der Waals surface area contributed by atoms with E-state index in [0.29, 0.717) is 5.41 Å². The predicted octanol–water partition coefficient (Wildman–Crippen LogP) is 1.24. The van der Waals surface area contributed by atoms with Gasteiger partial charge in [0.25, 0.3) is 0 Å². The molecule has 2 aliphatic carbocycles. The van der Waals surface area contributed by atoms with Crippen LogP contribution in [0.4, 0.5) is 0 Å². The van der Waals surface area contributed by atoms with Crippen LogP contribution in [-0.2, 0) is 4.74 Å². The van der Waals surface area contributed by atoms with Gasteiger partial charge < -0.3 is 15.0 Å². The second kappa shape index (κ2) is 4.28. The van der Waals surface area contributed by atoms with E-state index in [1.807, 2.05) is 0 Å². The minimum Gasteiger partial charge on any atom is -0.381 e. The van der Waals surface area contributed by atoms with Crippen molar-refractivity contribution >= 4 is 0 Å². The lowest BCUT2D eigenvalue weighted by Gasteiger charge is -2.32. The highest BCUT2D eigenvalue weighted by Gasteiger charge is 2.40. The van der Waals surface area contributed by atoms with Crippen LogP contribution in [0, 0.1) is 5.41 Å². The topological polar surface area (TPSA) is 24.5 Å². The zero-order valence-electron chi connectivity index (χ0n) is 10.4. The van der Waals surface area contributed by atoms with Crippen molar-refractivity contribution in [3.63, 3.8) is 0 Å². The summed E-state index contributed by atoms with van der Waals surface area (Å²) in [5.74, 6) is 0. The molecule has 1 saturated heterocycles. The van der Waals surface area contributed by atoms with Crippen LogP contribution >= 0.6 is 0 Å². The van der Waals surface area contributed by atoms with Crippen LogP contribution < -0.4 is 5.32 Å². The third kappa shape index (κ3) is 2.58. The quantitative estimate of drug-likeness (QED) is 0.734. The molecule has 0 aromatic heterocycles. The Hall–Kier alpha value is -0.120. The van der Waals surface area contributed by atoms with Crippen molar-refractivity contribution in [1.82, 2.24) is 10.2 Å². The zero-order valence-corrected chi connectivity index (χ0v) is 10.4.